The first kappa shape index (κ1) is 12.0. The van der Waals surface area contributed by atoms with E-state index in [-0.39, 0.29) is 5.92 Å². The highest BCUT2D eigenvalue weighted by Gasteiger charge is 2.27. The predicted molar refractivity (Wildman–Crippen MR) is 60.4 cm³/mol. The van der Waals surface area contributed by atoms with E-state index < -0.39 is 0 Å². The van der Waals surface area contributed by atoms with Crippen LogP contribution in [0.2, 0.25) is 0 Å². The van der Waals surface area contributed by atoms with E-state index in [0.29, 0.717) is 31.5 Å². The van der Waals surface area contributed by atoms with Crippen LogP contribution in [-0.2, 0) is 14.3 Å². The third-order valence-electron chi connectivity index (χ3n) is 3.61. The molecule has 2 aliphatic heterocycles. The fourth-order valence-corrected chi connectivity index (χ4v) is 2.49. The molecule has 2 fully saturated rings. The van der Waals surface area contributed by atoms with E-state index in [2.05, 4.69) is 4.90 Å². The molecule has 2 rings (SSSR count). The molecule has 0 aliphatic carbocycles. The van der Waals surface area contributed by atoms with Crippen LogP contribution in [0, 0.1) is 5.92 Å². The van der Waals surface area contributed by atoms with Gasteiger partial charge >= 0.3 is 0 Å². The fourth-order valence-electron chi connectivity index (χ4n) is 2.49. The minimum atomic E-state index is 0.104. The molecule has 2 aliphatic rings. The van der Waals surface area contributed by atoms with Crippen molar-refractivity contribution in [3.63, 3.8) is 0 Å². The van der Waals surface area contributed by atoms with Crippen molar-refractivity contribution in [2.75, 3.05) is 40.0 Å². The second kappa shape index (κ2) is 5.75. The summed E-state index contributed by atoms with van der Waals surface area (Å²) < 4.78 is 10.7. The Morgan fingerprint density at radius 1 is 1.44 bits per heavy atom. The number of carbonyl (C=O) groups is 1. The molecule has 0 aromatic heterocycles. The van der Waals surface area contributed by atoms with Gasteiger partial charge in [-0.2, -0.15) is 0 Å². The van der Waals surface area contributed by atoms with Gasteiger partial charge in [0.05, 0.1) is 25.2 Å². The van der Waals surface area contributed by atoms with E-state index in [9.17, 15) is 4.79 Å². The largest absolute Gasteiger partial charge is 0.381 e. The first-order valence-corrected chi connectivity index (χ1v) is 6.15. The van der Waals surface area contributed by atoms with Crippen molar-refractivity contribution in [3.8, 4) is 0 Å². The molecular formula is C12H21NO3. The Morgan fingerprint density at radius 2 is 2.19 bits per heavy atom. The van der Waals surface area contributed by atoms with Crippen molar-refractivity contribution >= 4 is 5.78 Å². The highest BCUT2D eigenvalue weighted by molar-refractivity contribution is 5.82. The summed E-state index contributed by atoms with van der Waals surface area (Å²) in [5.74, 6) is 0.480. The third-order valence-corrected chi connectivity index (χ3v) is 3.61. The average Bonchev–Trinajstić information content (AvgIpc) is 2.33. The summed E-state index contributed by atoms with van der Waals surface area (Å²) in [7, 11) is 1.78. The molecule has 2 saturated heterocycles. The summed E-state index contributed by atoms with van der Waals surface area (Å²) in [6, 6.07) is 0. The minimum absolute atomic E-state index is 0.104. The summed E-state index contributed by atoms with van der Waals surface area (Å²) in [6.45, 7) is 4.18. The monoisotopic (exact) mass is 227 g/mol. The van der Waals surface area contributed by atoms with Crippen molar-refractivity contribution in [2.45, 2.75) is 25.4 Å². The Balaban J connectivity index is 1.75. The summed E-state index contributed by atoms with van der Waals surface area (Å²) >= 11 is 0. The smallest absolute Gasteiger partial charge is 0.141 e. The second-order valence-corrected chi connectivity index (χ2v) is 4.72. The van der Waals surface area contributed by atoms with Crippen LogP contribution in [0.3, 0.4) is 0 Å². The number of Topliss-reactive ketones (excluding diaryl/α,β-unsaturated/α-hetero) is 1. The Bertz CT molecular complexity index is 236. The highest BCUT2D eigenvalue weighted by atomic mass is 16.5. The normalized spacial score (nSPS) is 29.6. The predicted octanol–water partition coefficient (Wildman–Crippen LogP) is 0.703. The molecular weight excluding hydrogens is 206 g/mol. The van der Waals surface area contributed by atoms with Gasteiger partial charge in [0.2, 0.25) is 0 Å². The van der Waals surface area contributed by atoms with E-state index in [1.165, 1.54) is 0 Å². The van der Waals surface area contributed by atoms with E-state index in [1.807, 2.05) is 0 Å². The molecule has 2 heterocycles. The molecule has 0 saturated carbocycles. The van der Waals surface area contributed by atoms with Gasteiger partial charge in [-0.3, -0.25) is 4.79 Å². The summed E-state index contributed by atoms with van der Waals surface area (Å²) in [5, 5.41) is 0. The maximum Gasteiger partial charge on any atom is 0.141 e. The number of methoxy groups -OCH3 is 1. The molecule has 0 bridgehead atoms. The Labute approximate surface area is 96.9 Å². The lowest BCUT2D eigenvalue weighted by atomic mass is 9.98. The maximum absolute atomic E-state index is 11.7. The first-order valence-electron chi connectivity index (χ1n) is 6.15. The fraction of sp³-hybridized carbons (Fsp3) is 0.917. The molecule has 0 aromatic rings. The minimum Gasteiger partial charge on any atom is -0.381 e. The third kappa shape index (κ3) is 3.03. The molecule has 4 nitrogen and oxygen atoms in total. The van der Waals surface area contributed by atoms with E-state index in [4.69, 9.17) is 9.47 Å². The van der Waals surface area contributed by atoms with Gasteiger partial charge in [-0.15, -0.1) is 0 Å². The van der Waals surface area contributed by atoms with E-state index in [1.54, 1.807) is 7.11 Å². The van der Waals surface area contributed by atoms with Crippen LogP contribution in [0.15, 0.2) is 0 Å². The number of rotatable bonds is 3. The van der Waals surface area contributed by atoms with E-state index in [0.717, 1.165) is 32.5 Å². The van der Waals surface area contributed by atoms with Crippen molar-refractivity contribution in [2.24, 2.45) is 5.92 Å². The average molecular weight is 227 g/mol. The molecule has 92 valence electrons. The molecule has 0 radical (unpaired) electrons. The molecule has 1 atom stereocenters. The number of ether oxygens (including phenoxy) is 2. The lowest BCUT2D eigenvalue weighted by Gasteiger charge is -2.34. The topological polar surface area (TPSA) is 38.8 Å². The molecule has 1 unspecified atom stereocenters. The lowest BCUT2D eigenvalue weighted by Crippen LogP contribution is -2.43. The maximum atomic E-state index is 11.7. The van der Waals surface area contributed by atoms with Gasteiger partial charge in [0.15, 0.2) is 0 Å². The number of hydrogen-bond donors (Lipinski definition) is 0. The quantitative estimate of drug-likeness (QED) is 0.711. The summed E-state index contributed by atoms with van der Waals surface area (Å²) in [6.07, 6.45) is 3.17. The van der Waals surface area contributed by atoms with Gasteiger partial charge in [0.25, 0.3) is 0 Å². The van der Waals surface area contributed by atoms with Gasteiger partial charge in [-0.05, 0) is 12.8 Å². The van der Waals surface area contributed by atoms with Crippen LogP contribution < -0.4 is 0 Å². The number of likely N-dealkylation sites (tertiary alicyclic amines) is 1. The van der Waals surface area contributed by atoms with Crippen LogP contribution in [0.5, 0.6) is 0 Å². The lowest BCUT2D eigenvalue weighted by molar-refractivity contribution is -0.131. The highest BCUT2D eigenvalue weighted by Crippen LogP contribution is 2.17. The molecule has 0 aromatic carbocycles. The van der Waals surface area contributed by atoms with Gasteiger partial charge in [-0.1, -0.05) is 0 Å². The summed E-state index contributed by atoms with van der Waals surface area (Å²) in [4.78, 5) is 14.0. The molecule has 4 heteroatoms. The van der Waals surface area contributed by atoms with Crippen LogP contribution in [0.1, 0.15) is 19.3 Å². The Kier molecular flexibility index (Phi) is 4.32. The number of hydrogen-bond acceptors (Lipinski definition) is 4. The number of nitrogens with zero attached hydrogens (tertiary/aromatic N) is 1. The standard InChI is InChI=1S/C12H21NO3/c1-15-11-2-5-13(6-3-11)8-10-9-16-7-4-12(10)14/h10-11H,2-9H2,1H3. The molecule has 0 amide bonds. The van der Waals surface area contributed by atoms with Crippen molar-refractivity contribution < 1.29 is 14.3 Å². The number of piperidine rings is 1. The summed E-state index contributed by atoms with van der Waals surface area (Å²) in [5.41, 5.74) is 0. The SMILES string of the molecule is COC1CCN(CC2COCCC2=O)CC1. The van der Waals surface area contributed by atoms with Gasteiger partial charge in [0, 0.05) is 33.2 Å². The van der Waals surface area contributed by atoms with Crippen LogP contribution in [-0.4, -0.2) is 56.7 Å². The van der Waals surface area contributed by atoms with Crippen LogP contribution in [0.25, 0.3) is 0 Å². The number of carbonyl (C=O) groups excluding carboxylic acids is 1. The molecule has 0 spiro atoms. The Morgan fingerprint density at radius 3 is 2.81 bits per heavy atom. The molecule has 0 N–H and O–H groups in total. The van der Waals surface area contributed by atoms with E-state index >= 15 is 0 Å². The van der Waals surface area contributed by atoms with Crippen LogP contribution >= 0.6 is 0 Å². The van der Waals surface area contributed by atoms with Crippen molar-refractivity contribution in [1.82, 2.24) is 4.90 Å². The zero-order valence-electron chi connectivity index (χ0n) is 9.98. The molecule has 16 heavy (non-hydrogen) atoms. The zero-order valence-corrected chi connectivity index (χ0v) is 9.98. The van der Waals surface area contributed by atoms with Gasteiger partial charge in [-0.25, -0.2) is 0 Å². The van der Waals surface area contributed by atoms with Crippen LogP contribution in [0.4, 0.5) is 0 Å². The van der Waals surface area contributed by atoms with Gasteiger partial charge in [0.1, 0.15) is 5.78 Å². The zero-order chi connectivity index (χ0) is 11.4. The Hall–Kier alpha value is -0.450. The van der Waals surface area contributed by atoms with Gasteiger partial charge < -0.3 is 14.4 Å². The van der Waals surface area contributed by atoms with Crippen molar-refractivity contribution in [1.29, 1.82) is 0 Å². The number of ketones is 1. The first-order chi connectivity index (χ1) is 7.79. The second-order valence-electron chi connectivity index (χ2n) is 4.72. The van der Waals surface area contributed by atoms with Crippen molar-refractivity contribution in [3.05, 3.63) is 0 Å².